The second kappa shape index (κ2) is 6.73. The van der Waals surface area contributed by atoms with Gasteiger partial charge < -0.3 is 0 Å². The molecule has 3 unspecified atom stereocenters. The van der Waals surface area contributed by atoms with Crippen LogP contribution in [-0.2, 0) is 9.84 Å². The lowest BCUT2D eigenvalue weighted by molar-refractivity contribution is 0.270. The Hall–Kier alpha value is -0.500. The van der Waals surface area contributed by atoms with Gasteiger partial charge in [-0.05, 0) is 43.4 Å². The summed E-state index contributed by atoms with van der Waals surface area (Å²) in [5.41, 5.74) is 3.15. The summed E-state index contributed by atoms with van der Waals surface area (Å²) in [6.07, 6.45) is 4.11. The van der Waals surface area contributed by atoms with Gasteiger partial charge >= 0.3 is 0 Å². The van der Waals surface area contributed by atoms with Crippen molar-refractivity contribution >= 4 is 25.8 Å². The van der Waals surface area contributed by atoms with E-state index in [-0.39, 0.29) is 23.0 Å². The zero-order chi connectivity index (χ0) is 15.6. The standard InChI is InChI=1S/C14H20BrFN2O2S/c1-21(19,20)11-4-2-3-9(7-11)14(18-17)12-8-10(15)5-6-13(12)16/h5-6,8-9,11,14,18H,2-4,7,17H2,1H3. The zero-order valence-electron chi connectivity index (χ0n) is 11.9. The molecule has 0 spiro atoms. The van der Waals surface area contributed by atoms with E-state index in [9.17, 15) is 12.8 Å². The topological polar surface area (TPSA) is 72.2 Å². The highest BCUT2D eigenvalue weighted by Crippen LogP contribution is 2.37. The Balaban J connectivity index is 2.27. The van der Waals surface area contributed by atoms with Crippen molar-refractivity contribution in [3.8, 4) is 0 Å². The van der Waals surface area contributed by atoms with Crippen molar-refractivity contribution in [1.82, 2.24) is 5.43 Å². The smallest absolute Gasteiger partial charge is 0.150 e. The molecule has 1 saturated carbocycles. The fourth-order valence-corrected chi connectivity index (χ4v) is 4.68. The average molecular weight is 379 g/mol. The Morgan fingerprint density at radius 1 is 1.43 bits per heavy atom. The first kappa shape index (κ1) is 16.9. The molecule has 0 aromatic heterocycles. The van der Waals surface area contributed by atoms with Crippen LogP contribution in [-0.4, -0.2) is 19.9 Å². The molecule has 0 saturated heterocycles. The summed E-state index contributed by atoms with van der Waals surface area (Å²) in [4.78, 5) is 0. The van der Waals surface area contributed by atoms with Crippen molar-refractivity contribution in [1.29, 1.82) is 0 Å². The van der Waals surface area contributed by atoms with Gasteiger partial charge in [0.05, 0.1) is 11.3 Å². The maximum absolute atomic E-state index is 14.1. The summed E-state index contributed by atoms with van der Waals surface area (Å²) in [6.45, 7) is 0. The number of sulfone groups is 1. The molecule has 0 aliphatic heterocycles. The number of hydrogen-bond acceptors (Lipinski definition) is 4. The van der Waals surface area contributed by atoms with Crippen molar-refractivity contribution in [2.24, 2.45) is 11.8 Å². The van der Waals surface area contributed by atoms with E-state index < -0.39 is 9.84 Å². The maximum atomic E-state index is 14.1. The highest BCUT2D eigenvalue weighted by atomic mass is 79.9. The van der Waals surface area contributed by atoms with Crippen molar-refractivity contribution in [3.63, 3.8) is 0 Å². The molecule has 1 aliphatic rings. The van der Waals surface area contributed by atoms with Gasteiger partial charge in [-0.3, -0.25) is 11.3 Å². The third-order valence-electron chi connectivity index (χ3n) is 4.22. The Morgan fingerprint density at radius 3 is 2.76 bits per heavy atom. The van der Waals surface area contributed by atoms with E-state index in [1.807, 2.05) is 0 Å². The normalized spacial score (nSPS) is 24.8. The van der Waals surface area contributed by atoms with E-state index >= 15 is 0 Å². The molecule has 0 heterocycles. The Kier molecular flexibility index (Phi) is 5.40. The molecule has 118 valence electrons. The second-order valence-corrected chi connectivity index (χ2v) is 8.93. The molecule has 0 bridgehead atoms. The molecule has 3 atom stereocenters. The monoisotopic (exact) mass is 378 g/mol. The molecular weight excluding hydrogens is 359 g/mol. The SMILES string of the molecule is CS(=O)(=O)C1CCCC(C(NN)c2cc(Br)ccc2F)C1. The minimum Gasteiger partial charge on any atom is -0.271 e. The van der Waals surface area contributed by atoms with Crippen LogP contribution in [0.4, 0.5) is 4.39 Å². The molecule has 21 heavy (non-hydrogen) atoms. The second-order valence-electron chi connectivity index (χ2n) is 5.69. The van der Waals surface area contributed by atoms with Crippen LogP contribution >= 0.6 is 15.9 Å². The largest absolute Gasteiger partial charge is 0.271 e. The highest BCUT2D eigenvalue weighted by molar-refractivity contribution is 9.10. The Morgan fingerprint density at radius 2 is 2.14 bits per heavy atom. The highest BCUT2D eigenvalue weighted by Gasteiger charge is 2.34. The summed E-state index contributed by atoms with van der Waals surface area (Å²) in [5, 5.41) is -0.359. The van der Waals surface area contributed by atoms with Crippen molar-refractivity contribution in [3.05, 3.63) is 34.1 Å². The molecule has 1 fully saturated rings. The van der Waals surface area contributed by atoms with Gasteiger partial charge in [0, 0.05) is 16.3 Å². The van der Waals surface area contributed by atoms with Crippen LogP contribution in [0.5, 0.6) is 0 Å². The molecule has 0 amide bonds. The van der Waals surface area contributed by atoms with Gasteiger partial charge in [-0.15, -0.1) is 0 Å². The zero-order valence-corrected chi connectivity index (χ0v) is 14.3. The number of rotatable bonds is 4. The number of nitrogens with one attached hydrogen (secondary N) is 1. The summed E-state index contributed by atoms with van der Waals surface area (Å²) in [5.74, 6) is 5.30. The van der Waals surface area contributed by atoms with E-state index in [4.69, 9.17) is 5.84 Å². The number of hydrogen-bond donors (Lipinski definition) is 2. The van der Waals surface area contributed by atoms with Crippen molar-refractivity contribution in [2.75, 3.05) is 6.26 Å². The lowest BCUT2D eigenvalue weighted by atomic mass is 9.81. The minimum absolute atomic E-state index is 0.00674. The molecule has 3 N–H and O–H groups in total. The Labute approximate surface area is 133 Å². The molecular formula is C14H20BrFN2O2S. The van der Waals surface area contributed by atoms with Crippen LogP contribution in [0.25, 0.3) is 0 Å². The molecule has 0 radical (unpaired) electrons. The van der Waals surface area contributed by atoms with Gasteiger partial charge in [0.1, 0.15) is 15.7 Å². The first-order valence-electron chi connectivity index (χ1n) is 6.93. The minimum atomic E-state index is -3.07. The van der Waals surface area contributed by atoms with E-state index in [0.29, 0.717) is 18.4 Å². The van der Waals surface area contributed by atoms with Gasteiger partial charge in [-0.2, -0.15) is 0 Å². The fourth-order valence-electron chi connectivity index (χ4n) is 3.11. The van der Waals surface area contributed by atoms with Crippen LogP contribution < -0.4 is 11.3 Å². The number of benzene rings is 1. The lowest BCUT2D eigenvalue weighted by Gasteiger charge is -2.34. The van der Waals surface area contributed by atoms with Gasteiger partial charge in [-0.1, -0.05) is 22.4 Å². The third-order valence-corrected chi connectivity index (χ3v) is 6.35. The van der Waals surface area contributed by atoms with Crippen LogP contribution in [0.1, 0.15) is 37.3 Å². The van der Waals surface area contributed by atoms with Crippen LogP contribution in [0, 0.1) is 11.7 Å². The van der Waals surface area contributed by atoms with Gasteiger partial charge in [0.15, 0.2) is 0 Å². The summed E-state index contributed by atoms with van der Waals surface area (Å²) in [7, 11) is -3.07. The molecule has 7 heteroatoms. The first-order chi connectivity index (χ1) is 9.82. The molecule has 1 aliphatic carbocycles. The quantitative estimate of drug-likeness (QED) is 0.623. The predicted molar refractivity (Wildman–Crippen MR) is 84.8 cm³/mol. The number of halogens is 2. The summed E-state index contributed by atoms with van der Waals surface area (Å²) < 4.78 is 38.4. The molecule has 1 aromatic rings. The van der Waals surface area contributed by atoms with Crippen molar-refractivity contribution in [2.45, 2.75) is 37.0 Å². The molecule has 4 nitrogen and oxygen atoms in total. The van der Waals surface area contributed by atoms with Gasteiger partial charge in [-0.25, -0.2) is 12.8 Å². The van der Waals surface area contributed by atoms with Gasteiger partial charge in [0.2, 0.25) is 0 Å². The Bertz CT molecular complexity index is 609. The fraction of sp³-hybridized carbons (Fsp3) is 0.571. The van der Waals surface area contributed by atoms with Crippen LogP contribution in [0.15, 0.2) is 22.7 Å². The average Bonchev–Trinajstić information content (AvgIpc) is 2.43. The van der Waals surface area contributed by atoms with E-state index in [1.54, 1.807) is 12.1 Å². The lowest BCUT2D eigenvalue weighted by Crippen LogP contribution is -2.38. The van der Waals surface area contributed by atoms with Crippen molar-refractivity contribution < 1.29 is 12.8 Å². The van der Waals surface area contributed by atoms with E-state index in [2.05, 4.69) is 21.4 Å². The molecule has 1 aromatic carbocycles. The van der Waals surface area contributed by atoms with E-state index in [0.717, 1.165) is 17.3 Å². The summed E-state index contributed by atoms with van der Waals surface area (Å²) >= 11 is 3.33. The first-order valence-corrected chi connectivity index (χ1v) is 9.67. The predicted octanol–water partition coefficient (Wildman–Crippen LogP) is 2.70. The summed E-state index contributed by atoms with van der Waals surface area (Å²) in [6, 6.07) is 4.34. The number of hydrazine groups is 1. The van der Waals surface area contributed by atoms with Crippen LogP contribution in [0.3, 0.4) is 0 Å². The maximum Gasteiger partial charge on any atom is 0.150 e. The van der Waals surface area contributed by atoms with Gasteiger partial charge in [0.25, 0.3) is 0 Å². The third kappa shape index (κ3) is 4.03. The molecule has 2 rings (SSSR count). The van der Waals surface area contributed by atoms with Crippen LogP contribution in [0.2, 0.25) is 0 Å². The number of nitrogens with two attached hydrogens (primary N) is 1. The van der Waals surface area contributed by atoms with E-state index in [1.165, 1.54) is 12.3 Å².